The fourth-order valence-electron chi connectivity index (χ4n) is 2.58. The quantitative estimate of drug-likeness (QED) is 0.840. The van der Waals surface area contributed by atoms with Crippen molar-refractivity contribution in [2.45, 2.75) is 38.5 Å². The number of hydrogen-bond acceptors (Lipinski definition) is 2. The third-order valence-corrected chi connectivity index (χ3v) is 4.27. The van der Waals surface area contributed by atoms with Gasteiger partial charge in [0.05, 0.1) is 11.8 Å². The van der Waals surface area contributed by atoms with Crippen molar-refractivity contribution in [2.75, 3.05) is 13.6 Å². The molecule has 0 fully saturated rings. The Morgan fingerprint density at radius 2 is 1.71 bits per heavy atom. The summed E-state index contributed by atoms with van der Waals surface area (Å²) in [7, 11) is 1.65. The Labute approximate surface area is 130 Å². The molecule has 0 spiro atoms. The Kier molecular flexibility index (Phi) is 6.21. The number of carbonyl (C=O) groups excluding carboxylic acids is 1. The van der Waals surface area contributed by atoms with Gasteiger partial charge in [-0.15, -0.1) is 0 Å². The van der Waals surface area contributed by atoms with Gasteiger partial charge in [-0.1, -0.05) is 37.6 Å². The monoisotopic (exact) mass is 311 g/mol. The largest absolute Gasteiger partial charge is 0.481 e. The molecule has 1 N–H and O–H groups in total. The number of aliphatic carboxylic acids is 1. The highest BCUT2D eigenvalue weighted by molar-refractivity contribution is 6.30. The average Bonchev–Trinajstić information content (AvgIpc) is 2.48. The molecule has 1 amide bonds. The Morgan fingerprint density at radius 1 is 1.19 bits per heavy atom. The number of carboxylic acid groups (broad SMARTS) is 1. The van der Waals surface area contributed by atoms with E-state index >= 15 is 0 Å². The van der Waals surface area contributed by atoms with Crippen LogP contribution in [0.4, 0.5) is 0 Å². The van der Waals surface area contributed by atoms with Crippen LogP contribution in [0.1, 0.15) is 38.7 Å². The summed E-state index contributed by atoms with van der Waals surface area (Å²) in [4.78, 5) is 25.0. The normalized spacial score (nSPS) is 11.2. The molecular formula is C16H22ClNO3. The third kappa shape index (κ3) is 3.97. The van der Waals surface area contributed by atoms with Gasteiger partial charge in [-0.25, -0.2) is 0 Å². The molecule has 5 heteroatoms. The maximum atomic E-state index is 12.8. The molecule has 0 bridgehead atoms. The number of likely N-dealkylation sites (N-methyl/N-ethyl adjacent to an activating group) is 1. The number of rotatable bonds is 7. The minimum Gasteiger partial charge on any atom is -0.481 e. The lowest BCUT2D eigenvalue weighted by Crippen LogP contribution is -2.45. The van der Waals surface area contributed by atoms with Gasteiger partial charge in [0, 0.05) is 18.6 Å². The molecule has 1 aromatic carbocycles. The molecule has 1 aromatic rings. The third-order valence-electron chi connectivity index (χ3n) is 4.02. The molecule has 0 radical (unpaired) electrons. The number of halogens is 1. The fourth-order valence-corrected chi connectivity index (χ4v) is 2.71. The van der Waals surface area contributed by atoms with Crippen molar-refractivity contribution < 1.29 is 14.7 Å². The van der Waals surface area contributed by atoms with E-state index in [9.17, 15) is 9.59 Å². The molecule has 0 aliphatic rings. The van der Waals surface area contributed by atoms with Crippen molar-refractivity contribution in [1.82, 2.24) is 4.90 Å². The molecule has 21 heavy (non-hydrogen) atoms. The van der Waals surface area contributed by atoms with Crippen LogP contribution in [-0.4, -0.2) is 35.5 Å². The smallest absolute Gasteiger partial charge is 0.305 e. The van der Waals surface area contributed by atoms with E-state index in [1.54, 1.807) is 19.2 Å². The predicted octanol–water partition coefficient (Wildman–Crippen LogP) is 3.33. The molecule has 1 rings (SSSR count). The van der Waals surface area contributed by atoms with E-state index in [0.29, 0.717) is 17.9 Å². The molecule has 0 heterocycles. The highest BCUT2D eigenvalue weighted by Gasteiger charge is 2.38. The van der Waals surface area contributed by atoms with Gasteiger partial charge in [0.1, 0.15) is 0 Å². The molecule has 0 aromatic heterocycles. The predicted molar refractivity (Wildman–Crippen MR) is 83.6 cm³/mol. The van der Waals surface area contributed by atoms with Crippen molar-refractivity contribution in [3.8, 4) is 0 Å². The van der Waals surface area contributed by atoms with Crippen molar-refractivity contribution >= 4 is 23.5 Å². The van der Waals surface area contributed by atoms with Gasteiger partial charge in [0.2, 0.25) is 5.91 Å². The summed E-state index contributed by atoms with van der Waals surface area (Å²) in [5.74, 6) is -0.948. The van der Waals surface area contributed by atoms with Gasteiger partial charge in [-0.2, -0.15) is 0 Å². The lowest BCUT2D eigenvalue weighted by atomic mass is 9.74. The molecule has 0 aliphatic carbocycles. The first kappa shape index (κ1) is 17.5. The molecular weight excluding hydrogens is 290 g/mol. The molecule has 0 atom stereocenters. The van der Waals surface area contributed by atoms with Crippen LogP contribution in [0, 0.1) is 0 Å². The number of hydrogen-bond donors (Lipinski definition) is 1. The van der Waals surface area contributed by atoms with Crippen LogP contribution in [0.15, 0.2) is 24.3 Å². The summed E-state index contributed by atoms with van der Waals surface area (Å²) in [5, 5.41) is 9.39. The fraction of sp³-hybridized carbons (Fsp3) is 0.500. The number of carboxylic acids is 1. The Balaban J connectivity index is 3.06. The molecule has 0 saturated heterocycles. The second-order valence-electron chi connectivity index (χ2n) is 5.17. The number of benzene rings is 1. The van der Waals surface area contributed by atoms with Gasteiger partial charge in [0.25, 0.3) is 0 Å². The first-order valence-corrected chi connectivity index (χ1v) is 7.48. The van der Waals surface area contributed by atoms with Gasteiger partial charge in [-0.05, 0) is 30.5 Å². The topological polar surface area (TPSA) is 57.6 Å². The Morgan fingerprint density at radius 3 is 2.14 bits per heavy atom. The van der Waals surface area contributed by atoms with Gasteiger partial charge < -0.3 is 10.0 Å². The zero-order valence-electron chi connectivity index (χ0n) is 12.7. The lowest BCUT2D eigenvalue weighted by Gasteiger charge is -2.35. The SMILES string of the molecule is CCC(CC)(C(=O)N(C)CCC(=O)O)c1ccc(Cl)cc1. The molecule has 0 aliphatic heterocycles. The van der Waals surface area contributed by atoms with Gasteiger partial charge >= 0.3 is 5.97 Å². The van der Waals surface area contributed by atoms with Crippen LogP contribution < -0.4 is 0 Å². The summed E-state index contributed by atoms with van der Waals surface area (Å²) in [6, 6.07) is 7.31. The summed E-state index contributed by atoms with van der Waals surface area (Å²) < 4.78 is 0. The van der Waals surface area contributed by atoms with Crippen LogP contribution in [0.3, 0.4) is 0 Å². The van der Waals surface area contributed by atoms with E-state index in [-0.39, 0.29) is 18.9 Å². The molecule has 4 nitrogen and oxygen atoms in total. The van der Waals surface area contributed by atoms with Crippen LogP contribution in [0.5, 0.6) is 0 Å². The zero-order valence-corrected chi connectivity index (χ0v) is 13.5. The minimum absolute atomic E-state index is 0.0453. The zero-order chi connectivity index (χ0) is 16.0. The van der Waals surface area contributed by atoms with Crippen molar-refractivity contribution in [1.29, 1.82) is 0 Å². The second kappa shape index (κ2) is 7.46. The van der Waals surface area contributed by atoms with Crippen LogP contribution in [-0.2, 0) is 15.0 Å². The average molecular weight is 312 g/mol. The minimum atomic E-state index is -0.903. The maximum Gasteiger partial charge on any atom is 0.305 e. The Hall–Kier alpha value is -1.55. The number of nitrogens with zero attached hydrogens (tertiary/aromatic N) is 1. The van der Waals surface area contributed by atoms with Crippen molar-refractivity contribution in [3.05, 3.63) is 34.9 Å². The first-order chi connectivity index (χ1) is 9.87. The van der Waals surface area contributed by atoms with Crippen molar-refractivity contribution in [3.63, 3.8) is 0 Å². The Bertz CT molecular complexity index is 495. The highest BCUT2D eigenvalue weighted by atomic mass is 35.5. The standard InChI is InChI=1S/C16H22ClNO3/c1-4-16(5-2,12-6-8-13(17)9-7-12)15(21)18(3)11-10-14(19)20/h6-9H,4-5,10-11H2,1-3H3,(H,19,20). The maximum absolute atomic E-state index is 12.8. The summed E-state index contributed by atoms with van der Waals surface area (Å²) in [6.45, 7) is 4.16. The van der Waals surface area contributed by atoms with E-state index in [1.807, 2.05) is 26.0 Å². The van der Waals surface area contributed by atoms with Crippen molar-refractivity contribution in [2.24, 2.45) is 0 Å². The van der Waals surface area contributed by atoms with Gasteiger partial charge in [-0.3, -0.25) is 9.59 Å². The van der Waals surface area contributed by atoms with Gasteiger partial charge in [0.15, 0.2) is 0 Å². The first-order valence-electron chi connectivity index (χ1n) is 7.10. The van der Waals surface area contributed by atoms with Crippen LogP contribution >= 0.6 is 11.6 Å². The molecule has 0 saturated carbocycles. The summed E-state index contributed by atoms with van der Waals surface area (Å²) in [6.07, 6.45) is 1.26. The van der Waals surface area contributed by atoms with E-state index in [0.717, 1.165) is 5.56 Å². The molecule has 0 unspecified atom stereocenters. The second-order valence-corrected chi connectivity index (χ2v) is 5.60. The van der Waals surface area contributed by atoms with E-state index in [4.69, 9.17) is 16.7 Å². The lowest BCUT2D eigenvalue weighted by molar-refractivity contribution is -0.140. The highest BCUT2D eigenvalue weighted by Crippen LogP contribution is 2.34. The van der Waals surface area contributed by atoms with E-state index in [1.165, 1.54) is 4.90 Å². The number of carbonyl (C=O) groups is 2. The van der Waals surface area contributed by atoms with E-state index in [2.05, 4.69) is 0 Å². The van der Waals surface area contributed by atoms with E-state index < -0.39 is 11.4 Å². The molecule has 116 valence electrons. The van der Waals surface area contributed by atoms with Crippen LogP contribution in [0.2, 0.25) is 5.02 Å². The number of amides is 1. The summed E-state index contributed by atoms with van der Waals surface area (Å²) in [5.41, 5.74) is 0.293. The summed E-state index contributed by atoms with van der Waals surface area (Å²) >= 11 is 5.91. The van der Waals surface area contributed by atoms with Crippen LogP contribution in [0.25, 0.3) is 0 Å².